The third kappa shape index (κ3) is 1.92. The number of allylic oxidation sites excluding steroid dienone is 2. The van der Waals surface area contributed by atoms with Crippen LogP contribution in [-0.2, 0) is 4.74 Å². The van der Waals surface area contributed by atoms with E-state index in [1.165, 1.54) is 17.6 Å². The average molecular weight is 178 g/mol. The van der Waals surface area contributed by atoms with Crippen molar-refractivity contribution in [2.45, 2.75) is 25.9 Å². The quantitative estimate of drug-likeness (QED) is 0.645. The zero-order chi connectivity index (χ0) is 9.84. The largest absolute Gasteiger partial charge is 0.377 e. The topological polar surface area (TPSA) is 9.23 Å². The predicted octanol–water partition coefficient (Wildman–Crippen LogP) is 3.10. The monoisotopic (exact) mass is 178 g/mol. The molecule has 0 spiro atoms. The van der Waals surface area contributed by atoms with Crippen LogP contribution in [0, 0.1) is 5.92 Å². The summed E-state index contributed by atoms with van der Waals surface area (Å²) in [5.41, 5.74) is 2.52. The molecule has 0 amide bonds. The van der Waals surface area contributed by atoms with E-state index in [4.69, 9.17) is 4.74 Å². The number of rotatable bonds is 3. The van der Waals surface area contributed by atoms with Crippen molar-refractivity contribution in [3.8, 4) is 0 Å². The summed E-state index contributed by atoms with van der Waals surface area (Å²) in [6.45, 7) is 9.90. The SMILES string of the molecule is C=CC1=C(C=C)[C@@H](C)CC[C@@H]1OC. The van der Waals surface area contributed by atoms with Gasteiger partial charge in [-0.15, -0.1) is 0 Å². The minimum absolute atomic E-state index is 0.224. The summed E-state index contributed by atoms with van der Waals surface area (Å²) < 4.78 is 5.40. The van der Waals surface area contributed by atoms with Crippen molar-refractivity contribution < 1.29 is 4.74 Å². The summed E-state index contributed by atoms with van der Waals surface area (Å²) in [6, 6.07) is 0. The highest BCUT2D eigenvalue weighted by Crippen LogP contribution is 2.32. The van der Waals surface area contributed by atoms with Gasteiger partial charge in [-0.25, -0.2) is 0 Å². The molecule has 0 aromatic carbocycles. The maximum absolute atomic E-state index is 5.40. The minimum Gasteiger partial charge on any atom is -0.377 e. The van der Waals surface area contributed by atoms with Crippen LogP contribution < -0.4 is 0 Å². The highest BCUT2D eigenvalue weighted by atomic mass is 16.5. The Morgan fingerprint density at radius 2 is 1.85 bits per heavy atom. The molecular formula is C12H18O. The van der Waals surface area contributed by atoms with Crippen LogP contribution in [0.15, 0.2) is 36.5 Å². The maximum Gasteiger partial charge on any atom is 0.0823 e. The van der Waals surface area contributed by atoms with Gasteiger partial charge < -0.3 is 4.74 Å². The second kappa shape index (κ2) is 4.43. The number of methoxy groups -OCH3 is 1. The molecule has 0 aromatic rings. The van der Waals surface area contributed by atoms with Crippen LogP contribution in [0.25, 0.3) is 0 Å². The zero-order valence-corrected chi connectivity index (χ0v) is 8.55. The molecule has 0 saturated carbocycles. The van der Waals surface area contributed by atoms with Gasteiger partial charge in [0.25, 0.3) is 0 Å². The van der Waals surface area contributed by atoms with Gasteiger partial charge in [0.2, 0.25) is 0 Å². The third-order valence-corrected chi connectivity index (χ3v) is 2.80. The van der Waals surface area contributed by atoms with Gasteiger partial charge in [0, 0.05) is 7.11 Å². The molecule has 0 aromatic heterocycles. The van der Waals surface area contributed by atoms with Crippen LogP contribution in [0.1, 0.15) is 19.8 Å². The van der Waals surface area contributed by atoms with Crippen molar-refractivity contribution in [1.82, 2.24) is 0 Å². The van der Waals surface area contributed by atoms with Crippen LogP contribution in [0.2, 0.25) is 0 Å². The summed E-state index contributed by atoms with van der Waals surface area (Å²) in [5.74, 6) is 0.594. The number of ether oxygens (including phenoxy) is 1. The van der Waals surface area contributed by atoms with Crippen LogP contribution in [0.4, 0.5) is 0 Å². The predicted molar refractivity (Wildman–Crippen MR) is 56.6 cm³/mol. The first kappa shape index (κ1) is 10.3. The van der Waals surface area contributed by atoms with E-state index in [9.17, 15) is 0 Å². The third-order valence-electron chi connectivity index (χ3n) is 2.80. The van der Waals surface area contributed by atoms with Crippen molar-refractivity contribution in [3.05, 3.63) is 36.5 Å². The molecule has 1 aliphatic carbocycles. The molecule has 1 rings (SSSR count). The lowest BCUT2D eigenvalue weighted by atomic mass is 9.82. The first-order valence-electron chi connectivity index (χ1n) is 4.76. The van der Waals surface area contributed by atoms with Gasteiger partial charge in [-0.05, 0) is 29.9 Å². The Morgan fingerprint density at radius 1 is 1.23 bits per heavy atom. The van der Waals surface area contributed by atoms with Crippen LogP contribution >= 0.6 is 0 Å². The number of hydrogen-bond donors (Lipinski definition) is 0. The van der Waals surface area contributed by atoms with E-state index < -0.39 is 0 Å². The molecular weight excluding hydrogens is 160 g/mol. The van der Waals surface area contributed by atoms with Gasteiger partial charge in [0.1, 0.15) is 0 Å². The molecule has 72 valence electrons. The Labute approximate surface area is 80.8 Å². The Hall–Kier alpha value is -0.820. The summed E-state index contributed by atoms with van der Waals surface area (Å²) >= 11 is 0. The Bertz CT molecular complexity index is 238. The fourth-order valence-corrected chi connectivity index (χ4v) is 2.00. The molecule has 0 bridgehead atoms. The highest BCUT2D eigenvalue weighted by molar-refractivity contribution is 5.37. The first-order valence-corrected chi connectivity index (χ1v) is 4.76. The molecule has 1 nitrogen and oxygen atoms in total. The smallest absolute Gasteiger partial charge is 0.0823 e. The zero-order valence-electron chi connectivity index (χ0n) is 8.55. The second-order valence-electron chi connectivity index (χ2n) is 3.52. The van der Waals surface area contributed by atoms with Crippen molar-refractivity contribution in [3.63, 3.8) is 0 Å². The Kier molecular flexibility index (Phi) is 3.49. The molecule has 0 unspecified atom stereocenters. The van der Waals surface area contributed by atoms with E-state index in [-0.39, 0.29) is 6.10 Å². The van der Waals surface area contributed by atoms with Gasteiger partial charge in [0.15, 0.2) is 0 Å². The standard InChI is InChI=1S/C12H18O/c1-5-10-9(3)7-8-12(13-4)11(10)6-2/h5-6,9,12H,1-2,7-8H2,3-4H3/t9-,12-/m0/s1. The van der Waals surface area contributed by atoms with Gasteiger partial charge in [-0.1, -0.05) is 32.2 Å². The van der Waals surface area contributed by atoms with Crippen LogP contribution in [0.5, 0.6) is 0 Å². The fraction of sp³-hybridized carbons (Fsp3) is 0.500. The molecule has 2 atom stereocenters. The summed E-state index contributed by atoms with van der Waals surface area (Å²) in [5, 5.41) is 0. The summed E-state index contributed by atoms with van der Waals surface area (Å²) in [4.78, 5) is 0. The second-order valence-corrected chi connectivity index (χ2v) is 3.52. The molecule has 0 heterocycles. The average Bonchev–Trinajstić information content (AvgIpc) is 2.17. The molecule has 13 heavy (non-hydrogen) atoms. The van der Waals surface area contributed by atoms with Gasteiger partial charge in [0.05, 0.1) is 6.10 Å². The maximum atomic E-state index is 5.40. The van der Waals surface area contributed by atoms with Crippen LogP contribution in [0.3, 0.4) is 0 Å². The van der Waals surface area contributed by atoms with Gasteiger partial charge in [-0.3, -0.25) is 0 Å². The Balaban J connectivity index is 3.04. The van der Waals surface area contributed by atoms with Gasteiger partial charge in [-0.2, -0.15) is 0 Å². The highest BCUT2D eigenvalue weighted by Gasteiger charge is 2.23. The normalized spacial score (nSPS) is 28.8. The molecule has 0 radical (unpaired) electrons. The van der Waals surface area contributed by atoms with E-state index in [2.05, 4.69) is 20.1 Å². The van der Waals surface area contributed by atoms with Crippen molar-refractivity contribution in [2.75, 3.05) is 7.11 Å². The summed E-state index contributed by atoms with van der Waals surface area (Å²) in [7, 11) is 1.75. The van der Waals surface area contributed by atoms with Crippen molar-refractivity contribution >= 4 is 0 Å². The first-order chi connectivity index (χ1) is 6.24. The molecule has 0 saturated heterocycles. The lowest BCUT2D eigenvalue weighted by Gasteiger charge is -2.28. The molecule has 1 aliphatic rings. The van der Waals surface area contributed by atoms with E-state index in [0.29, 0.717) is 5.92 Å². The number of hydrogen-bond acceptors (Lipinski definition) is 1. The lowest BCUT2D eigenvalue weighted by Crippen LogP contribution is -2.22. The van der Waals surface area contributed by atoms with Crippen molar-refractivity contribution in [2.24, 2.45) is 5.92 Å². The summed E-state index contributed by atoms with van der Waals surface area (Å²) in [6.07, 6.45) is 6.34. The molecule has 0 fully saturated rings. The van der Waals surface area contributed by atoms with Crippen LogP contribution in [-0.4, -0.2) is 13.2 Å². The van der Waals surface area contributed by atoms with E-state index in [0.717, 1.165) is 6.42 Å². The minimum atomic E-state index is 0.224. The van der Waals surface area contributed by atoms with E-state index in [1.54, 1.807) is 7.11 Å². The molecule has 0 N–H and O–H groups in total. The lowest BCUT2D eigenvalue weighted by molar-refractivity contribution is 0.115. The van der Waals surface area contributed by atoms with E-state index >= 15 is 0 Å². The Morgan fingerprint density at radius 3 is 2.31 bits per heavy atom. The van der Waals surface area contributed by atoms with Crippen molar-refractivity contribution in [1.29, 1.82) is 0 Å². The fourth-order valence-electron chi connectivity index (χ4n) is 2.00. The van der Waals surface area contributed by atoms with Gasteiger partial charge >= 0.3 is 0 Å². The molecule has 0 aliphatic heterocycles. The van der Waals surface area contributed by atoms with E-state index in [1.807, 2.05) is 12.2 Å². The molecule has 1 heteroatoms.